The Morgan fingerprint density at radius 3 is 2.81 bits per heavy atom. The summed E-state index contributed by atoms with van der Waals surface area (Å²) < 4.78 is 13.3. The predicted octanol–water partition coefficient (Wildman–Crippen LogP) is 1.60. The van der Waals surface area contributed by atoms with E-state index in [1.54, 1.807) is 6.33 Å². The predicted molar refractivity (Wildman–Crippen MR) is 77.3 cm³/mol. The van der Waals surface area contributed by atoms with Crippen LogP contribution in [0, 0.1) is 5.92 Å². The molecule has 1 atom stereocenters. The maximum Gasteiger partial charge on any atom is 0.162 e. The Morgan fingerprint density at radius 1 is 1.24 bits per heavy atom. The number of aromatic nitrogens is 3. The molecule has 3 heterocycles. The van der Waals surface area contributed by atoms with Crippen molar-refractivity contribution < 1.29 is 9.47 Å². The molecule has 1 aromatic carbocycles. The summed E-state index contributed by atoms with van der Waals surface area (Å²) >= 11 is 0. The van der Waals surface area contributed by atoms with Crippen LogP contribution >= 0.6 is 0 Å². The summed E-state index contributed by atoms with van der Waals surface area (Å²) in [6, 6.07) is 8.34. The SMILES string of the molecule is CC(CN1Cc2nncn2-c2ccccc21)C1OCCO1. The lowest BCUT2D eigenvalue weighted by atomic mass is 10.1. The summed E-state index contributed by atoms with van der Waals surface area (Å²) in [5.74, 6) is 1.27. The molecule has 6 nitrogen and oxygen atoms in total. The second-order valence-electron chi connectivity index (χ2n) is 5.57. The fourth-order valence-electron chi connectivity index (χ4n) is 3.06. The van der Waals surface area contributed by atoms with Crippen molar-refractivity contribution in [1.29, 1.82) is 0 Å². The number of nitrogens with zero attached hydrogens (tertiary/aromatic N) is 4. The Morgan fingerprint density at radius 2 is 2.00 bits per heavy atom. The van der Waals surface area contributed by atoms with E-state index in [0.717, 1.165) is 24.6 Å². The number of benzene rings is 1. The Bertz CT molecular complexity index is 636. The minimum Gasteiger partial charge on any atom is -0.362 e. The molecule has 0 radical (unpaired) electrons. The molecule has 110 valence electrons. The van der Waals surface area contributed by atoms with Gasteiger partial charge in [-0.05, 0) is 12.1 Å². The van der Waals surface area contributed by atoms with Gasteiger partial charge in [-0.25, -0.2) is 0 Å². The van der Waals surface area contributed by atoms with Gasteiger partial charge in [0.25, 0.3) is 0 Å². The molecule has 2 aliphatic heterocycles. The summed E-state index contributed by atoms with van der Waals surface area (Å²) in [7, 11) is 0. The maximum absolute atomic E-state index is 5.62. The zero-order chi connectivity index (χ0) is 14.2. The van der Waals surface area contributed by atoms with Gasteiger partial charge in [-0.1, -0.05) is 19.1 Å². The van der Waals surface area contributed by atoms with Crippen molar-refractivity contribution in [2.45, 2.75) is 19.8 Å². The lowest BCUT2D eigenvalue weighted by molar-refractivity contribution is -0.0761. The molecule has 0 spiro atoms. The molecular weight excluding hydrogens is 268 g/mol. The number of ether oxygens (including phenoxy) is 2. The topological polar surface area (TPSA) is 52.4 Å². The van der Waals surface area contributed by atoms with Gasteiger partial charge in [-0.15, -0.1) is 10.2 Å². The van der Waals surface area contributed by atoms with Crippen LogP contribution in [0.3, 0.4) is 0 Å². The molecule has 1 saturated heterocycles. The van der Waals surface area contributed by atoms with Crippen LogP contribution in [0.4, 0.5) is 5.69 Å². The normalized spacial score (nSPS) is 19.4. The van der Waals surface area contributed by atoms with Crippen molar-refractivity contribution in [2.75, 3.05) is 24.7 Å². The fourth-order valence-corrected chi connectivity index (χ4v) is 3.06. The van der Waals surface area contributed by atoms with Gasteiger partial charge in [0.15, 0.2) is 12.1 Å². The summed E-state index contributed by atoms with van der Waals surface area (Å²) in [6.45, 7) is 5.18. The first kappa shape index (κ1) is 12.8. The van der Waals surface area contributed by atoms with Crippen LogP contribution in [0.1, 0.15) is 12.7 Å². The number of fused-ring (bicyclic) bond motifs is 3. The van der Waals surface area contributed by atoms with Crippen molar-refractivity contribution in [2.24, 2.45) is 5.92 Å². The molecule has 0 aliphatic carbocycles. The van der Waals surface area contributed by atoms with Crippen LogP contribution in [0.15, 0.2) is 30.6 Å². The summed E-state index contributed by atoms with van der Waals surface area (Å²) in [6.07, 6.45) is 1.68. The largest absolute Gasteiger partial charge is 0.362 e. The Balaban J connectivity index is 1.62. The van der Waals surface area contributed by atoms with Crippen LogP contribution in [-0.4, -0.2) is 40.8 Å². The Kier molecular flexibility index (Phi) is 3.12. The van der Waals surface area contributed by atoms with Crippen LogP contribution in [0.25, 0.3) is 5.69 Å². The van der Waals surface area contributed by atoms with E-state index in [0.29, 0.717) is 19.1 Å². The van der Waals surface area contributed by atoms with E-state index in [2.05, 4.69) is 44.8 Å². The first-order chi connectivity index (χ1) is 10.3. The van der Waals surface area contributed by atoms with Gasteiger partial charge >= 0.3 is 0 Å². The van der Waals surface area contributed by atoms with Gasteiger partial charge in [0.05, 0.1) is 31.1 Å². The summed E-state index contributed by atoms with van der Waals surface area (Å²) in [5, 5.41) is 8.25. The number of para-hydroxylation sites is 2. The average Bonchev–Trinajstić information content (AvgIpc) is 3.18. The third-order valence-electron chi connectivity index (χ3n) is 4.05. The Hall–Kier alpha value is -1.92. The highest BCUT2D eigenvalue weighted by Crippen LogP contribution is 2.32. The van der Waals surface area contributed by atoms with Crippen LogP contribution in [0.2, 0.25) is 0 Å². The third-order valence-corrected chi connectivity index (χ3v) is 4.05. The van der Waals surface area contributed by atoms with Gasteiger partial charge < -0.3 is 14.4 Å². The minimum atomic E-state index is -0.100. The van der Waals surface area contributed by atoms with Crippen molar-refractivity contribution >= 4 is 5.69 Å². The van der Waals surface area contributed by atoms with Crippen LogP contribution in [-0.2, 0) is 16.0 Å². The lowest BCUT2D eigenvalue weighted by Crippen LogP contribution is -2.37. The van der Waals surface area contributed by atoms with Gasteiger partial charge in [0, 0.05) is 12.5 Å². The molecule has 1 unspecified atom stereocenters. The number of hydrogen-bond acceptors (Lipinski definition) is 5. The molecule has 4 rings (SSSR count). The first-order valence-corrected chi connectivity index (χ1v) is 7.29. The van der Waals surface area contributed by atoms with Crippen molar-refractivity contribution in [3.05, 3.63) is 36.4 Å². The quantitative estimate of drug-likeness (QED) is 0.858. The highest BCUT2D eigenvalue weighted by atomic mass is 16.7. The number of hydrogen-bond donors (Lipinski definition) is 0. The highest BCUT2D eigenvalue weighted by molar-refractivity contribution is 5.65. The standard InChI is InChI=1S/C15H18N4O2/c1-11(15-20-6-7-21-15)8-18-9-14-17-16-10-19(14)13-5-3-2-4-12(13)18/h2-5,10-11,15H,6-9H2,1H3. The van der Waals surface area contributed by atoms with E-state index in [-0.39, 0.29) is 6.29 Å². The molecule has 6 heteroatoms. The fraction of sp³-hybridized carbons (Fsp3) is 0.467. The molecule has 0 bridgehead atoms. The van der Waals surface area contributed by atoms with E-state index in [1.165, 1.54) is 5.69 Å². The zero-order valence-electron chi connectivity index (χ0n) is 12.0. The second kappa shape index (κ2) is 5.13. The average molecular weight is 286 g/mol. The van der Waals surface area contributed by atoms with E-state index >= 15 is 0 Å². The van der Waals surface area contributed by atoms with Crippen LogP contribution in [0.5, 0.6) is 0 Å². The van der Waals surface area contributed by atoms with Crippen molar-refractivity contribution in [3.63, 3.8) is 0 Å². The molecule has 0 saturated carbocycles. The summed E-state index contributed by atoms with van der Waals surface area (Å²) in [4.78, 5) is 2.33. The monoisotopic (exact) mass is 286 g/mol. The van der Waals surface area contributed by atoms with Gasteiger partial charge in [-0.2, -0.15) is 0 Å². The van der Waals surface area contributed by atoms with Crippen molar-refractivity contribution in [1.82, 2.24) is 14.8 Å². The van der Waals surface area contributed by atoms with Crippen molar-refractivity contribution in [3.8, 4) is 5.69 Å². The molecule has 1 fully saturated rings. The molecule has 21 heavy (non-hydrogen) atoms. The van der Waals surface area contributed by atoms with E-state index < -0.39 is 0 Å². The first-order valence-electron chi connectivity index (χ1n) is 7.29. The van der Waals surface area contributed by atoms with E-state index in [4.69, 9.17) is 9.47 Å². The lowest BCUT2D eigenvalue weighted by Gasteiger charge is -2.34. The van der Waals surface area contributed by atoms with Crippen LogP contribution < -0.4 is 4.90 Å². The van der Waals surface area contributed by atoms with Gasteiger partial charge in [-0.3, -0.25) is 4.57 Å². The molecule has 0 N–H and O–H groups in total. The number of anilines is 1. The molecular formula is C15H18N4O2. The molecule has 2 aliphatic rings. The van der Waals surface area contributed by atoms with E-state index in [9.17, 15) is 0 Å². The van der Waals surface area contributed by atoms with Gasteiger partial charge in [0.1, 0.15) is 6.33 Å². The molecule has 0 amide bonds. The second-order valence-corrected chi connectivity index (χ2v) is 5.57. The summed E-state index contributed by atoms with van der Waals surface area (Å²) in [5.41, 5.74) is 2.33. The van der Waals surface area contributed by atoms with Gasteiger partial charge in [0.2, 0.25) is 0 Å². The molecule has 2 aromatic rings. The highest BCUT2D eigenvalue weighted by Gasteiger charge is 2.29. The van der Waals surface area contributed by atoms with E-state index in [1.807, 2.05) is 6.07 Å². The Labute approximate surface area is 123 Å². The zero-order valence-corrected chi connectivity index (χ0v) is 12.0. The number of rotatable bonds is 3. The smallest absolute Gasteiger partial charge is 0.162 e. The minimum absolute atomic E-state index is 0.100. The maximum atomic E-state index is 5.62. The third kappa shape index (κ3) is 2.20. The molecule has 1 aromatic heterocycles.